The fourth-order valence-corrected chi connectivity index (χ4v) is 5.09. The maximum Gasteiger partial charge on any atom is 0.312 e. The smallest absolute Gasteiger partial charge is 0.312 e. The van der Waals surface area contributed by atoms with Gasteiger partial charge < -0.3 is 29.8 Å². The Bertz CT molecular complexity index is 1230. The summed E-state index contributed by atoms with van der Waals surface area (Å²) in [5.74, 6) is -3.08. The summed E-state index contributed by atoms with van der Waals surface area (Å²) in [4.78, 5) is 0. The van der Waals surface area contributed by atoms with Crippen LogP contribution in [0, 0.1) is 11.7 Å². The number of aliphatic hydroxyl groups excluding tert-OH is 1. The first-order valence-corrected chi connectivity index (χ1v) is 13.3. The summed E-state index contributed by atoms with van der Waals surface area (Å²) in [5.41, 5.74) is 8.43. The minimum atomic E-state index is -1.79. The van der Waals surface area contributed by atoms with Gasteiger partial charge in [0.15, 0.2) is 0 Å². The van der Waals surface area contributed by atoms with Crippen molar-refractivity contribution in [2.24, 2.45) is 11.7 Å². The summed E-state index contributed by atoms with van der Waals surface area (Å²) in [6.07, 6.45) is -0.988. The molecular formula is C33H34FNO5. The average molecular weight is 544 g/mol. The van der Waals surface area contributed by atoms with E-state index < -0.39 is 36.0 Å². The number of hydrogen-bond donors (Lipinski definition) is 2. The molecule has 0 bridgehead atoms. The van der Waals surface area contributed by atoms with Gasteiger partial charge in [0, 0.05) is 11.5 Å². The highest BCUT2D eigenvalue weighted by atomic mass is 19.1. The van der Waals surface area contributed by atoms with Gasteiger partial charge in [-0.05, 0) is 22.8 Å². The lowest BCUT2D eigenvalue weighted by Gasteiger charge is -2.41. The van der Waals surface area contributed by atoms with Gasteiger partial charge >= 0.3 is 5.97 Å². The zero-order chi connectivity index (χ0) is 27.8. The molecular weight excluding hydrogens is 509 g/mol. The topological polar surface area (TPSA) is 83.2 Å². The largest absolute Gasteiger partial charge is 0.396 e. The molecule has 1 aliphatic heterocycles. The molecule has 7 heteroatoms. The molecule has 1 saturated heterocycles. The molecule has 1 heterocycles. The number of nitrogens with two attached hydrogens (primary N) is 1. The Labute approximate surface area is 234 Å². The second-order valence-electron chi connectivity index (χ2n) is 9.97. The Morgan fingerprint density at radius 1 is 0.725 bits per heavy atom. The number of hydrogen-bond acceptors (Lipinski definition) is 6. The van der Waals surface area contributed by atoms with E-state index in [0.29, 0.717) is 0 Å². The summed E-state index contributed by atoms with van der Waals surface area (Å²) in [5, 5.41) is 10.7. The van der Waals surface area contributed by atoms with E-state index in [0.717, 1.165) is 16.7 Å². The molecule has 6 nitrogen and oxygen atoms in total. The standard InChI is InChI=1S/C33H34FNO5/c34-30-19-11-10-18-28(30)32(35)24-37-31(29(32)20-36)33(38-21-25-12-4-1-5-13-25,39-22-26-14-6-2-7-15-26)40-23-27-16-8-3-9-17-27/h1-19,29,31,36H,20-24,35H2/t29-,31+,32-/m1/s1. The summed E-state index contributed by atoms with van der Waals surface area (Å²) >= 11 is 0. The van der Waals surface area contributed by atoms with Crippen LogP contribution in [0.25, 0.3) is 0 Å². The second-order valence-corrected chi connectivity index (χ2v) is 9.97. The molecule has 0 unspecified atom stereocenters. The fraction of sp³-hybridized carbons (Fsp3) is 0.273. The van der Waals surface area contributed by atoms with Crippen molar-refractivity contribution in [2.75, 3.05) is 13.2 Å². The Hall–Kier alpha value is -3.43. The number of ether oxygens (including phenoxy) is 4. The van der Waals surface area contributed by atoms with Crippen LogP contribution < -0.4 is 5.73 Å². The molecule has 5 rings (SSSR count). The van der Waals surface area contributed by atoms with Crippen molar-refractivity contribution in [1.29, 1.82) is 0 Å². The molecule has 208 valence electrons. The number of halogens is 1. The van der Waals surface area contributed by atoms with Gasteiger partial charge in [-0.2, -0.15) is 0 Å². The summed E-state index contributed by atoms with van der Waals surface area (Å²) in [6.45, 7) is -0.0574. The molecule has 0 aromatic heterocycles. The molecule has 3 atom stereocenters. The number of benzene rings is 4. The van der Waals surface area contributed by atoms with Gasteiger partial charge in [0.05, 0.1) is 38.6 Å². The van der Waals surface area contributed by atoms with E-state index in [1.807, 2.05) is 91.0 Å². The normalized spacial score (nSPS) is 21.0. The molecule has 0 aliphatic carbocycles. The lowest BCUT2D eigenvalue weighted by atomic mass is 9.78. The van der Waals surface area contributed by atoms with Gasteiger partial charge in [0.2, 0.25) is 0 Å². The average Bonchev–Trinajstić information content (AvgIpc) is 3.36. The Morgan fingerprint density at radius 3 is 1.57 bits per heavy atom. The van der Waals surface area contributed by atoms with E-state index in [-0.39, 0.29) is 32.0 Å². The van der Waals surface area contributed by atoms with Gasteiger partial charge in [-0.15, -0.1) is 0 Å². The zero-order valence-electron chi connectivity index (χ0n) is 22.2. The summed E-state index contributed by atoms with van der Waals surface area (Å²) < 4.78 is 40.8. The third-order valence-electron chi connectivity index (χ3n) is 7.30. The number of aliphatic hydroxyl groups is 1. The highest BCUT2D eigenvalue weighted by Gasteiger charge is 2.59. The van der Waals surface area contributed by atoms with Gasteiger partial charge in [-0.1, -0.05) is 109 Å². The van der Waals surface area contributed by atoms with Crippen molar-refractivity contribution in [3.05, 3.63) is 143 Å². The van der Waals surface area contributed by atoms with Gasteiger partial charge in [0.1, 0.15) is 11.9 Å². The van der Waals surface area contributed by atoms with Crippen LogP contribution in [0.4, 0.5) is 4.39 Å². The van der Waals surface area contributed by atoms with E-state index >= 15 is 4.39 Å². The molecule has 4 aromatic rings. The van der Waals surface area contributed by atoms with Crippen LogP contribution in [0.1, 0.15) is 22.3 Å². The third-order valence-corrected chi connectivity index (χ3v) is 7.30. The van der Waals surface area contributed by atoms with E-state index in [4.69, 9.17) is 24.7 Å². The maximum atomic E-state index is 15.0. The third kappa shape index (κ3) is 6.15. The highest BCUT2D eigenvalue weighted by Crippen LogP contribution is 2.45. The molecule has 0 amide bonds. The first-order chi connectivity index (χ1) is 19.5. The number of rotatable bonds is 12. The fourth-order valence-electron chi connectivity index (χ4n) is 5.09. The van der Waals surface area contributed by atoms with Crippen LogP contribution in [-0.2, 0) is 44.3 Å². The highest BCUT2D eigenvalue weighted by molar-refractivity contribution is 5.29. The predicted octanol–water partition coefficient (Wildman–Crippen LogP) is 5.29. The SMILES string of the molecule is N[C@@]1(c2ccccc2F)CO[C@H](C(OCc2ccccc2)(OCc2ccccc2)OCc2ccccc2)[C@H]1CO. The summed E-state index contributed by atoms with van der Waals surface area (Å²) in [6, 6.07) is 35.2. The minimum Gasteiger partial charge on any atom is -0.396 e. The van der Waals surface area contributed by atoms with Crippen LogP contribution in [0.2, 0.25) is 0 Å². The molecule has 1 fully saturated rings. The van der Waals surface area contributed by atoms with Crippen molar-refractivity contribution in [1.82, 2.24) is 0 Å². The Kier molecular flexibility index (Phi) is 9.01. The molecule has 0 spiro atoms. The molecule has 1 aliphatic rings. The summed E-state index contributed by atoms with van der Waals surface area (Å²) in [7, 11) is 0. The van der Waals surface area contributed by atoms with Crippen molar-refractivity contribution in [3.8, 4) is 0 Å². The predicted molar refractivity (Wildman–Crippen MR) is 149 cm³/mol. The monoisotopic (exact) mass is 543 g/mol. The Morgan fingerprint density at radius 2 is 1.15 bits per heavy atom. The maximum absolute atomic E-state index is 15.0. The van der Waals surface area contributed by atoms with Gasteiger partial charge in [-0.25, -0.2) is 4.39 Å². The van der Waals surface area contributed by atoms with Crippen LogP contribution in [0.15, 0.2) is 115 Å². The van der Waals surface area contributed by atoms with Crippen LogP contribution in [-0.4, -0.2) is 30.4 Å². The molecule has 3 N–H and O–H groups in total. The first kappa shape index (κ1) is 28.1. The van der Waals surface area contributed by atoms with Gasteiger partial charge in [0.25, 0.3) is 0 Å². The lowest BCUT2D eigenvalue weighted by Crippen LogP contribution is -2.56. The molecule has 0 radical (unpaired) electrons. The van der Waals surface area contributed by atoms with Crippen LogP contribution >= 0.6 is 0 Å². The quantitative estimate of drug-likeness (QED) is 0.236. The molecule has 40 heavy (non-hydrogen) atoms. The van der Waals surface area contributed by atoms with Crippen LogP contribution in [0.5, 0.6) is 0 Å². The van der Waals surface area contributed by atoms with E-state index in [1.54, 1.807) is 18.2 Å². The van der Waals surface area contributed by atoms with Gasteiger partial charge in [-0.3, -0.25) is 0 Å². The van der Waals surface area contributed by atoms with Crippen molar-refractivity contribution in [2.45, 2.75) is 37.4 Å². The van der Waals surface area contributed by atoms with E-state index in [2.05, 4.69) is 0 Å². The first-order valence-electron chi connectivity index (χ1n) is 13.3. The Balaban J connectivity index is 1.54. The minimum absolute atomic E-state index is 0.0658. The molecule has 0 saturated carbocycles. The van der Waals surface area contributed by atoms with Crippen molar-refractivity contribution < 1.29 is 28.4 Å². The van der Waals surface area contributed by atoms with E-state index in [1.165, 1.54) is 6.07 Å². The second kappa shape index (κ2) is 12.8. The zero-order valence-corrected chi connectivity index (χ0v) is 22.2. The van der Waals surface area contributed by atoms with E-state index in [9.17, 15) is 5.11 Å². The molecule has 4 aromatic carbocycles. The van der Waals surface area contributed by atoms with Crippen molar-refractivity contribution in [3.63, 3.8) is 0 Å². The lowest BCUT2D eigenvalue weighted by molar-refractivity contribution is -0.430. The van der Waals surface area contributed by atoms with Crippen molar-refractivity contribution >= 4 is 0 Å². The van der Waals surface area contributed by atoms with Crippen LogP contribution in [0.3, 0.4) is 0 Å².